The highest BCUT2D eigenvalue weighted by Gasteiger charge is 2.14. The number of hydrogen-bond acceptors (Lipinski definition) is 6. The van der Waals surface area contributed by atoms with Crippen LogP contribution in [0.1, 0.15) is 21.6 Å². The number of carbonyl (C=O) groups is 2. The Morgan fingerprint density at radius 2 is 1.77 bits per heavy atom. The lowest BCUT2D eigenvalue weighted by Gasteiger charge is -2.09. The average molecular weight is 418 g/mol. The van der Waals surface area contributed by atoms with Crippen molar-refractivity contribution in [3.05, 3.63) is 101 Å². The summed E-state index contributed by atoms with van der Waals surface area (Å²) in [5.74, 6) is -1.27. The number of hydrazone groups is 1. The molecule has 3 aromatic rings. The molecule has 0 unspecified atom stereocenters. The summed E-state index contributed by atoms with van der Waals surface area (Å²) in [7, 11) is 0. The topological polar surface area (TPSA) is 108 Å². The molecule has 0 radical (unpaired) electrons. The summed E-state index contributed by atoms with van der Waals surface area (Å²) in [5, 5.41) is 9.17. The molecule has 0 bridgehead atoms. The predicted octanol–water partition coefficient (Wildman–Crippen LogP) is 2.76. The number of anilines is 1. The van der Waals surface area contributed by atoms with Crippen LogP contribution in [0.3, 0.4) is 0 Å². The van der Waals surface area contributed by atoms with E-state index in [1.165, 1.54) is 36.7 Å². The van der Waals surface area contributed by atoms with Gasteiger partial charge in [0, 0.05) is 23.7 Å². The maximum absolute atomic E-state index is 13.0. The Morgan fingerprint density at radius 3 is 2.48 bits per heavy atom. The summed E-state index contributed by atoms with van der Waals surface area (Å²) in [4.78, 5) is 33.3. The van der Waals surface area contributed by atoms with Crippen LogP contribution in [0.2, 0.25) is 0 Å². The van der Waals surface area contributed by atoms with Gasteiger partial charge < -0.3 is 10.6 Å². The zero-order chi connectivity index (χ0) is 22.1. The van der Waals surface area contributed by atoms with E-state index in [1.54, 1.807) is 49.5 Å². The standard InChI is InChI=1S/C22H19FN6O2/c1-15-11-12-24-22(27-15)25-14-19(28-20(30)17-5-3-2-4-6-17)21(31)29-26-13-16-7-9-18(23)10-8-16/h2-14H,1H3,(H,28,30)(H,29,31)(H,24,25,27)/b19-14+,26-13?. The molecule has 0 saturated carbocycles. The normalized spacial score (nSPS) is 11.2. The van der Waals surface area contributed by atoms with E-state index in [0.29, 0.717) is 11.1 Å². The van der Waals surface area contributed by atoms with E-state index in [-0.39, 0.29) is 17.5 Å². The largest absolute Gasteiger partial charge is 0.328 e. The molecule has 3 rings (SSSR count). The van der Waals surface area contributed by atoms with Crippen molar-refractivity contribution in [3.8, 4) is 0 Å². The van der Waals surface area contributed by atoms with E-state index in [1.807, 2.05) is 0 Å². The van der Waals surface area contributed by atoms with Crippen LogP contribution in [0.15, 0.2) is 83.9 Å². The zero-order valence-electron chi connectivity index (χ0n) is 16.5. The van der Waals surface area contributed by atoms with E-state index in [0.717, 1.165) is 5.69 Å². The molecule has 1 aromatic heterocycles. The Hall–Kier alpha value is -4.40. The molecule has 8 nitrogen and oxygen atoms in total. The van der Waals surface area contributed by atoms with Crippen molar-refractivity contribution >= 4 is 24.0 Å². The van der Waals surface area contributed by atoms with Crippen LogP contribution in [0, 0.1) is 12.7 Å². The number of carbonyl (C=O) groups excluding carboxylic acids is 2. The highest BCUT2D eigenvalue weighted by molar-refractivity contribution is 6.03. The van der Waals surface area contributed by atoms with Gasteiger partial charge in [0.2, 0.25) is 5.95 Å². The Bertz CT molecular complexity index is 1110. The van der Waals surface area contributed by atoms with Crippen molar-refractivity contribution in [1.82, 2.24) is 20.7 Å². The Morgan fingerprint density at radius 1 is 1.03 bits per heavy atom. The number of aromatic nitrogens is 2. The molecule has 0 fully saturated rings. The molecular formula is C22H19FN6O2. The van der Waals surface area contributed by atoms with Crippen LogP contribution in [-0.2, 0) is 4.79 Å². The Labute approximate surface area is 177 Å². The Balaban J connectivity index is 1.74. The van der Waals surface area contributed by atoms with Crippen LogP contribution >= 0.6 is 0 Å². The molecule has 2 amide bonds. The molecule has 9 heteroatoms. The summed E-state index contributed by atoms with van der Waals surface area (Å²) >= 11 is 0. The van der Waals surface area contributed by atoms with Gasteiger partial charge in [-0.05, 0) is 42.8 Å². The van der Waals surface area contributed by atoms with Crippen LogP contribution in [-0.4, -0.2) is 28.0 Å². The van der Waals surface area contributed by atoms with Crippen LogP contribution in [0.25, 0.3) is 0 Å². The van der Waals surface area contributed by atoms with Gasteiger partial charge in [-0.2, -0.15) is 5.10 Å². The average Bonchev–Trinajstić information content (AvgIpc) is 2.78. The van der Waals surface area contributed by atoms with E-state index < -0.39 is 11.8 Å². The van der Waals surface area contributed by atoms with Gasteiger partial charge in [-0.25, -0.2) is 19.8 Å². The molecule has 0 aliphatic carbocycles. The fourth-order valence-corrected chi connectivity index (χ4v) is 2.37. The van der Waals surface area contributed by atoms with Crippen molar-refractivity contribution in [3.63, 3.8) is 0 Å². The van der Waals surface area contributed by atoms with Gasteiger partial charge in [0.15, 0.2) is 0 Å². The summed E-state index contributed by atoms with van der Waals surface area (Å²) in [6, 6.07) is 15.7. The number of nitrogens with zero attached hydrogens (tertiary/aromatic N) is 3. The Kier molecular flexibility index (Phi) is 7.15. The minimum absolute atomic E-state index is 0.102. The van der Waals surface area contributed by atoms with E-state index >= 15 is 0 Å². The van der Waals surface area contributed by atoms with Gasteiger partial charge in [-0.15, -0.1) is 0 Å². The van der Waals surface area contributed by atoms with Gasteiger partial charge in [-0.1, -0.05) is 30.3 Å². The number of benzene rings is 2. The van der Waals surface area contributed by atoms with E-state index in [2.05, 4.69) is 31.1 Å². The monoisotopic (exact) mass is 418 g/mol. The van der Waals surface area contributed by atoms with Crippen molar-refractivity contribution in [2.24, 2.45) is 5.10 Å². The van der Waals surface area contributed by atoms with Crippen LogP contribution in [0.4, 0.5) is 10.3 Å². The quantitative estimate of drug-likeness (QED) is 0.311. The summed E-state index contributed by atoms with van der Waals surface area (Å²) in [5.41, 5.74) is 3.92. The third kappa shape index (κ3) is 6.57. The summed E-state index contributed by atoms with van der Waals surface area (Å²) < 4.78 is 13.0. The number of nitrogens with one attached hydrogen (secondary N) is 3. The first-order valence-corrected chi connectivity index (χ1v) is 9.23. The number of hydrogen-bond donors (Lipinski definition) is 3. The molecule has 0 aliphatic rings. The van der Waals surface area contributed by atoms with Crippen molar-refractivity contribution in [2.45, 2.75) is 6.92 Å². The second-order valence-corrected chi connectivity index (χ2v) is 6.29. The zero-order valence-corrected chi connectivity index (χ0v) is 16.5. The van der Waals surface area contributed by atoms with Crippen molar-refractivity contribution in [2.75, 3.05) is 5.32 Å². The second-order valence-electron chi connectivity index (χ2n) is 6.29. The smallest absolute Gasteiger partial charge is 0.289 e. The molecule has 31 heavy (non-hydrogen) atoms. The molecule has 156 valence electrons. The van der Waals surface area contributed by atoms with Gasteiger partial charge in [0.05, 0.1) is 6.21 Å². The molecule has 0 atom stereocenters. The second kappa shape index (κ2) is 10.4. The first kappa shape index (κ1) is 21.3. The maximum atomic E-state index is 13.0. The van der Waals surface area contributed by atoms with E-state index in [4.69, 9.17) is 0 Å². The summed E-state index contributed by atoms with van der Waals surface area (Å²) in [6.07, 6.45) is 4.19. The first-order valence-electron chi connectivity index (χ1n) is 9.23. The van der Waals surface area contributed by atoms with Gasteiger partial charge in [0.1, 0.15) is 11.5 Å². The van der Waals surface area contributed by atoms with Crippen LogP contribution < -0.4 is 16.1 Å². The van der Waals surface area contributed by atoms with Gasteiger partial charge >= 0.3 is 0 Å². The third-order valence-corrected chi connectivity index (χ3v) is 3.92. The third-order valence-electron chi connectivity index (χ3n) is 3.92. The van der Waals surface area contributed by atoms with E-state index in [9.17, 15) is 14.0 Å². The lowest BCUT2D eigenvalue weighted by atomic mass is 10.2. The highest BCUT2D eigenvalue weighted by atomic mass is 19.1. The number of aryl methyl sites for hydroxylation is 1. The van der Waals surface area contributed by atoms with Gasteiger partial charge in [-0.3, -0.25) is 9.59 Å². The van der Waals surface area contributed by atoms with Crippen molar-refractivity contribution < 1.29 is 14.0 Å². The minimum atomic E-state index is -0.678. The number of rotatable bonds is 7. The van der Waals surface area contributed by atoms with Crippen molar-refractivity contribution in [1.29, 1.82) is 0 Å². The van der Waals surface area contributed by atoms with Gasteiger partial charge in [0.25, 0.3) is 11.8 Å². The lowest BCUT2D eigenvalue weighted by Crippen LogP contribution is -2.33. The molecule has 3 N–H and O–H groups in total. The SMILES string of the molecule is Cc1ccnc(N/C=C(/NC(=O)c2ccccc2)C(=O)NN=Cc2ccc(F)cc2)n1. The number of halogens is 1. The summed E-state index contributed by atoms with van der Waals surface area (Å²) in [6.45, 7) is 1.80. The molecule has 0 saturated heterocycles. The highest BCUT2D eigenvalue weighted by Crippen LogP contribution is 2.04. The predicted molar refractivity (Wildman–Crippen MR) is 115 cm³/mol. The minimum Gasteiger partial charge on any atom is -0.328 e. The van der Waals surface area contributed by atoms with Crippen LogP contribution in [0.5, 0.6) is 0 Å². The molecule has 1 heterocycles. The first-order chi connectivity index (χ1) is 15.0. The lowest BCUT2D eigenvalue weighted by molar-refractivity contribution is -0.117. The fraction of sp³-hybridized carbons (Fsp3) is 0.0455. The molecule has 0 aliphatic heterocycles. The molecular weight excluding hydrogens is 399 g/mol. The maximum Gasteiger partial charge on any atom is 0.289 e. The molecule has 2 aromatic carbocycles. The fourth-order valence-electron chi connectivity index (χ4n) is 2.37. The number of amides is 2. The molecule has 0 spiro atoms.